The second-order valence-corrected chi connectivity index (χ2v) is 11.5. The molecule has 45 heavy (non-hydrogen) atoms. The highest BCUT2D eigenvalue weighted by molar-refractivity contribution is 6.70. The van der Waals surface area contributed by atoms with Crippen LogP contribution in [0.1, 0.15) is 23.1 Å². The molecule has 2 unspecified atom stereocenters. The number of hydrogen-bond donors (Lipinski definition) is 0. The highest BCUT2D eigenvalue weighted by Crippen LogP contribution is 2.32. The molecule has 7 nitrogen and oxygen atoms in total. The molecule has 4 aromatic rings. The summed E-state index contributed by atoms with van der Waals surface area (Å²) in [7, 11) is 11.5. The van der Waals surface area contributed by atoms with Crippen molar-refractivity contribution in [1.82, 2.24) is 9.80 Å². The average Bonchev–Trinajstić information content (AvgIpc) is 3.07. The quantitative estimate of drug-likeness (QED) is 0.154. The summed E-state index contributed by atoms with van der Waals surface area (Å²) >= 11 is 0. The molecule has 0 aliphatic rings. The van der Waals surface area contributed by atoms with E-state index >= 15 is 0 Å². The predicted octanol–water partition coefficient (Wildman–Crippen LogP) is 4.54. The lowest BCUT2D eigenvalue weighted by atomic mass is 9.51. The van der Waals surface area contributed by atoms with Crippen LogP contribution in [-0.2, 0) is 14.0 Å². The lowest BCUT2D eigenvalue weighted by Crippen LogP contribution is -2.47. The number of benzene rings is 4. The van der Waals surface area contributed by atoms with Crippen molar-refractivity contribution in [2.24, 2.45) is 0 Å². The van der Waals surface area contributed by atoms with Gasteiger partial charge in [-0.1, -0.05) is 84.9 Å². The van der Waals surface area contributed by atoms with E-state index in [0.717, 1.165) is 46.6 Å². The third-order valence-corrected chi connectivity index (χ3v) is 7.66. The normalized spacial score (nSPS) is 12.6. The minimum Gasteiger partial charge on any atom is -0.497 e. The Bertz CT molecular complexity index is 1270. The van der Waals surface area contributed by atoms with E-state index in [1.54, 1.807) is 14.2 Å². The first-order valence-electron chi connectivity index (χ1n) is 15.5. The van der Waals surface area contributed by atoms with E-state index in [0.29, 0.717) is 13.2 Å². The molecule has 4 aromatic carbocycles. The minimum atomic E-state index is -0.454. The Labute approximate surface area is 270 Å². The van der Waals surface area contributed by atoms with Gasteiger partial charge in [0, 0.05) is 26.3 Å². The van der Waals surface area contributed by atoms with Crippen molar-refractivity contribution < 1.29 is 23.5 Å². The van der Waals surface area contributed by atoms with E-state index in [4.69, 9.17) is 23.5 Å². The molecule has 0 heterocycles. The Morgan fingerprint density at radius 2 is 0.867 bits per heavy atom. The van der Waals surface area contributed by atoms with Crippen molar-refractivity contribution in [3.8, 4) is 11.5 Å². The Morgan fingerprint density at radius 3 is 1.18 bits per heavy atom. The Hall–Kier alpha value is -3.59. The van der Waals surface area contributed by atoms with Crippen LogP contribution in [0.5, 0.6) is 11.5 Å². The minimum absolute atomic E-state index is 0.400. The summed E-state index contributed by atoms with van der Waals surface area (Å²) in [4.78, 5) is 4.24. The first kappa shape index (κ1) is 34.3. The van der Waals surface area contributed by atoms with Gasteiger partial charge in [-0.25, -0.2) is 0 Å². The van der Waals surface area contributed by atoms with E-state index < -0.39 is 25.8 Å². The summed E-state index contributed by atoms with van der Waals surface area (Å²) in [6.45, 7) is 1.82. The van der Waals surface area contributed by atoms with E-state index in [1.165, 1.54) is 0 Å². The van der Waals surface area contributed by atoms with E-state index in [2.05, 4.69) is 58.3 Å². The van der Waals surface area contributed by atoms with Gasteiger partial charge in [0.25, 0.3) is 0 Å². The van der Waals surface area contributed by atoms with Gasteiger partial charge in [-0.2, -0.15) is 0 Å². The number of ether oxygens (including phenoxy) is 3. The highest BCUT2D eigenvalue weighted by atomic mass is 16.5. The maximum absolute atomic E-state index is 7.34. The van der Waals surface area contributed by atoms with Crippen molar-refractivity contribution in [2.45, 2.75) is 12.0 Å². The zero-order chi connectivity index (χ0) is 32.0. The number of likely N-dealkylation sites (N-methyl/N-ethyl adjacent to an activating group) is 2. The molecule has 2 atom stereocenters. The maximum atomic E-state index is 7.34. The van der Waals surface area contributed by atoms with E-state index in [-0.39, 0.29) is 0 Å². The number of rotatable bonds is 18. The van der Waals surface area contributed by atoms with Gasteiger partial charge >= 0.3 is 13.8 Å². The average molecular weight is 608 g/mol. The molecule has 0 fully saturated rings. The molecule has 9 heteroatoms. The smallest absolute Gasteiger partial charge is 0.361 e. The second kappa shape index (κ2) is 17.8. The second-order valence-electron chi connectivity index (χ2n) is 11.5. The SMILES string of the molecule is COc1ccc(B(OCCN(C)C)C(OC(B(OCCN(C)C)c2ccc(OC)cc2)c2ccccc2)c2ccccc2)cc1. The molecule has 0 radical (unpaired) electrons. The topological polar surface area (TPSA) is 52.6 Å². The third kappa shape index (κ3) is 10.2. The summed E-state index contributed by atoms with van der Waals surface area (Å²) < 4.78 is 31.7. The van der Waals surface area contributed by atoms with Gasteiger partial charge in [-0.05, 0) is 74.5 Å². The Balaban J connectivity index is 1.82. The fourth-order valence-electron chi connectivity index (χ4n) is 5.12. The van der Waals surface area contributed by atoms with Crippen LogP contribution < -0.4 is 20.4 Å². The molecule has 0 N–H and O–H groups in total. The molecular weight excluding hydrogens is 562 g/mol. The lowest BCUT2D eigenvalue weighted by Gasteiger charge is -2.33. The lowest BCUT2D eigenvalue weighted by molar-refractivity contribution is 0.0494. The van der Waals surface area contributed by atoms with Crippen LogP contribution in [0.3, 0.4) is 0 Å². The fourth-order valence-corrected chi connectivity index (χ4v) is 5.12. The van der Waals surface area contributed by atoms with Crippen LogP contribution in [0.2, 0.25) is 0 Å². The van der Waals surface area contributed by atoms with Gasteiger partial charge in [0.15, 0.2) is 0 Å². The van der Waals surface area contributed by atoms with Gasteiger partial charge in [0.2, 0.25) is 0 Å². The summed E-state index contributed by atoms with van der Waals surface area (Å²) in [5, 5.41) is 0. The molecule has 0 bridgehead atoms. The van der Waals surface area contributed by atoms with Gasteiger partial charge in [0.1, 0.15) is 11.5 Å². The highest BCUT2D eigenvalue weighted by Gasteiger charge is 2.40. The van der Waals surface area contributed by atoms with Gasteiger partial charge < -0.3 is 33.3 Å². The van der Waals surface area contributed by atoms with Crippen LogP contribution >= 0.6 is 0 Å². The molecule has 0 aliphatic heterocycles. The summed E-state index contributed by atoms with van der Waals surface area (Å²) in [5.74, 6) is 1.58. The molecule has 0 spiro atoms. The van der Waals surface area contributed by atoms with Crippen molar-refractivity contribution in [3.63, 3.8) is 0 Å². The number of hydrogen-bond acceptors (Lipinski definition) is 7. The summed E-state index contributed by atoms with van der Waals surface area (Å²) in [5.41, 5.74) is 4.05. The monoisotopic (exact) mass is 608 g/mol. The standard InChI is InChI=1S/C36H46B2N2O5/c1-39(2)25-27-43-37(31-17-21-33(41-5)22-18-31)35(29-13-9-7-10-14-29)45-36(30-15-11-8-12-16-30)38(44-28-26-40(3)4)32-19-23-34(42-6)24-20-32/h7-24,35-36H,25-28H2,1-6H3. The number of nitrogens with zero attached hydrogens (tertiary/aromatic N) is 2. The Kier molecular flexibility index (Phi) is 13.5. The molecule has 236 valence electrons. The molecule has 4 rings (SSSR count). The predicted molar refractivity (Wildman–Crippen MR) is 185 cm³/mol. The molecular formula is C36H46B2N2O5. The zero-order valence-corrected chi connectivity index (χ0v) is 27.5. The third-order valence-electron chi connectivity index (χ3n) is 7.66. The first-order valence-corrected chi connectivity index (χ1v) is 15.5. The zero-order valence-electron chi connectivity index (χ0n) is 27.5. The van der Waals surface area contributed by atoms with Crippen molar-refractivity contribution in [3.05, 3.63) is 120 Å². The summed E-state index contributed by atoms with van der Waals surface area (Å²) in [6, 6.07) is 35.9. The van der Waals surface area contributed by atoms with Crippen molar-refractivity contribution in [1.29, 1.82) is 0 Å². The largest absolute Gasteiger partial charge is 0.497 e. The fraction of sp³-hybridized carbons (Fsp3) is 0.333. The molecule has 0 saturated heterocycles. The van der Waals surface area contributed by atoms with E-state index in [1.807, 2.05) is 88.9 Å². The van der Waals surface area contributed by atoms with Gasteiger partial charge in [-0.3, -0.25) is 0 Å². The van der Waals surface area contributed by atoms with E-state index in [9.17, 15) is 0 Å². The maximum Gasteiger partial charge on any atom is 0.361 e. The van der Waals surface area contributed by atoms with Crippen LogP contribution in [0, 0.1) is 0 Å². The molecule has 0 aliphatic carbocycles. The van der Waals surface area contributed by atoms with Crippen LogP contribution in [0.25, 0.3) is 0 Å². The van der Waals surface area contributed by atoms with Crippen molar-refractivity contribution >= 4 is 24.8 Å². The molecule has 0 saturated carbocycles. The molecule has 0 amide bonds. The molecule has 0 aromatic heterocycles. The number of methoxy groups -OCH3 is 2. The van der Waals surface area contributed by atoms with Crippen LogP contribution in [0.15, 0.2) is 109 Å². The first-order chi connectivity index (χ1) is 21.9. The van der Waals surface area contributed by atoms with Crippen LogP contribution in [-0.4, -0.2) is 92.3 Å². The van der Waals surface area contributed by atoms with Gasteiger partial charge in [0.05, 0.1) is 26.2 Å². The van der Waals surface area contributed by atoms with Gasteiger partial charge in [-0.15, -0.1) is 0 Å². The Morgan fingerprint density at radius 1 is 0.511 bits per heavy atom. The van der Waals surface area contributed by atoms with Crippen LogP contribution in [0.4, 0.5) is 0 Å². The summed E-state index contributed by atoms with van der Waals surface area (Å²) in [6.07, 6.45) is 0. The van der Waals surface area contributed by atoms with Crippen molar-refractivity contribution in [2.75, 3.05) is 68.7 Å².